The number of hydrogen-bond donors (Lipinski definition) is 0. The van der Waals surface area contributed by atoms with Crippen LogP contribution in [0.4, 0.5) is 4.39 Å². The summed E-state index contributed by atoms with van der Waals surface area (Å²) in [7, 11) is 0. The molecule has 0 N–H and O–H groups in total. The Hall–Kier alpha value is -0.890. The monoisotopic (exact) mass is 200 g/mol. The van der Waals surface area contributed by atoms with Gasteiger partial charge >= 0.3 is 0 Å². The summed E-state index contributed by atoms with van der Waals surface area (Å²) in [5.74, 6) is -0.179. The lowest BCUT2D eigenvalue weighted by molar-refractivity contribution is 0.0988. The molecule has 70 valence electrons. The number of alkyl halides is 1. The fourth-order valence-electron chi connectivity index (χ4n) is 1.13. The van der Waals surface area contributed by atoms with Gasteiger partial charge in [-0.3, -0.25) is 4.79 Å². The van der Waals surface area contributed by atoms with E-state index in [-0.39, 0.29) is 23.9 Å². The lowest BCUT2D eigenvalue weighted by Crippen LogP contribution is -2.03. The van der Waals surface area contributed by atoms with Gasteiger partial charge < -0.3 is 0 Å². The molecule has 0 radical (unpaired) electrons. The van der Waals surface area contributed by atoms with E-state index in [9.17, 15) is 9.18 Å². The molecule has 1 aromatic carbocycles. The fraction of sp³-hybridized carbons (Fsp3) is 0.300. The fourth-order valence-corrected chi connectivity index (χ4v) is 1.30. The molecule has 0 fully saturated rings. The summed E-state index contributed by atoms with van der Waals surface area (Å²) >= 11 is 5.42. The van der Waals surface area contributed by atoms with E-state index in [1.54, 1.807) is 13.0 Å². The molecule has 1 rings (SSSR count). The number of halogens is 2. The van der Waals surface area contributed by atoms with Gasteiger partial charge in [0.05, 0.1) is 0 Å². The van der Waals surface area contributed by atoms with Crippen LogP contribution in [-0.4, -0.2) is 11.7 Å². The Morgan fingerprint density at radius 2 is 2.23 bits per heavy atom. The zero-order chi connectivity index (χ0) is 9.84. The van der Waals surface area contributed by atoms with Gasteiger partial charge in [-0.1, -0.05) is 12.1 Å². The Kier molecular flexibility index (Phi) is 3.43. The highest BCUT2D eigenvalue weighted by atomic mass is 35.5. The quantitative estimate of drug-likeness (QED) is 0.542. The van der Waals surface area contributed by atoms with Gasteiger partial charge in [0.15, 0.2) is 5.78 Å². The zero-order valence-corrected chi connectivity index (χ0v) is 8.07. The Morgan fingerprint density at radius 3 is 2.85 bits per heavy atom. The number of ketones is 1. The SMILES string of the molecule is Cc1c(F)cccc1C(=O)CCCl. The van der Waals surface area contributed by atoms with Crippen LogP contribution >= 0.6 is 11.6 Å². The Balaban J connectivity index is 3.01. The molecule has 0 atom stereocenters. The van der Waals surface area contributed by atoms with E-state index in [1.807, 2.05) is 0 Å². The molecule has 0 spiro atoms. The van der Waals surface area contributed by atoms with E-state index in [4.69, 9.17) is 11.6 Å². The van der Waals surface area contributed by atoms with Gasteiger partial charge in [-0.15, -0.1) is 11.6 Å². The molecule has 0 saturated heterocycles. The van der Waals surface area contributed by atoms with E-state index in [0.29, 0.717) is 11.1 Å². The van der Waals surface area contributed by atoms with Crippen LogP contribution in [0.15, 0.2) is 18.2 Å². The van der Waals surface area contributed by atoms with Crippen LogP contribution in [-0.2, 0) is 0 Å². The average molecular weight is 201 g/mol. The van der Waals surface area contributed by atoms with Crippen LogP contribution in [0, 0.1) is 12.7 Å². The van der Waals surface area contributed by atoms with Crippen LogP contribution in [0.2, 0.25) is 0 Å². The van der Waals surface area contributed by atoms with Crippen molar-refractivity contribution in [1.82, 2.24) is 0 Å². The van der Waals surface area contributed by atoms with Crippen LogP contribution in [0.1, 0.15) is 22.3 Å². The second-order valence-electron chi connectivity index (χ2n) is 2.77. The van der Waals surface area contributed by atoms with Crippen molar-refractivity contribution in [2.45, 2.75) is 13.3 Å². The second-order valence-corrected chi connectivity index (χ2v) is 3.15. The van der Waals surface area contributed by atoms with Gasteiger partial charge in [-0.2, -0.15) is 0 Å². The molecule has 0 unspecified atom stereocenters. The van der Waals surface area contributed by atoms with Gasteiger partial charge in [0.2, 0.25) is 0 Å². The van der Waals surface area contributed by atoms with Crippen molar-refractivity contribution < 1.29 is 9.18 Å². The van der Waals surface area contributed by atoms with Gasteiger partial charge in [-0.05, 0) is 18.6 Å². The highest BCUT2D eigenvalue weighted by molar-refractivity contribution is 6.19. The van der Waals surface area contributed by atoms with Crippen molar-refractivity contribution in [3.8, 4) is 0 Å². The van der Waals surface area contributed by atoms with Crippen molar-refractivity contribution in [3.05, 3.63) is 35.1 Å². The molecule has 1 aromatic rings. The molecule has 0 amide bonds. The number of hydrogen-bond acceptors (Lipinski definition) is 1. The summed E-state index contributed by atoms with van der Waals surface area (Å²) in [4.78, 5) is 11.4. The van der Waals surface area contributed by atoms with E-state index < -0.39 is 0 Å². The van der Waals surface area contributed by atoms with Gasteiger partial charge in [0, 0.05) is 17.9 Å². The summed E-state index contributed by atoms with van der Waals surface area (Å²) in [5.41, 5.74) is 0.832. The topological polar surface area (TPSA) is 17.1 Å². The van der Waals surface area contributed by atoms with E-state index in [2.05, 4.69) is 0 Å². The first-order valence-electron chi connectivity index (χ1n) is 4.01. The minimum atomic E-state index is -0.347. The molecule has 1 nitrogen and oxygen atoms in total. The number of carbonyl (C=O) groups is 1. The van der Waals surface area contributed by atoms with Gasteiger partial charge in [0.1, 0.15) is 5.82 Å². The molecule has 0 bridgehead atoms. The first kappa shape index (κ1) is 10.2. The highest BCUT2D eigenvalue weighted by Crippen LogP contribution is 2.14. The smallest absolute Gasteiger partial charge is 0.164 e. The normalized spacial score (nSPS) is 10.1. The van der Waals surface area contributed by atoms with E-state index in [0.717, 1.165) is 0 Å². The number of carbonyl (C=O) groups excluding carboxylic acids is 1. The summed E-state index contributed by atoms with van der Waals surface area (Å²) in [6.07, 6.45) is 0.256. The molecule has 0 heterocycles. The lowest BCUT2D eigenvalue weighted by Gasteiger charge is -2.03. The molecule has 3 heteroatoms. The standard InChI is InChI=1S/C10H10ClFO/c1-7-8(10(13)5-6-11)3-2-4-9(7)12/h2-4H,5-6H2,1H3. The average Bonchev–Trinajstić information content (AvgIpc) is 2.10. The van der Waals surface area contributed by atoms with Crippen molar-refractivity contribution in [3.63, 3.8) is 0 Å². The molecular formula is C10H10ClFO. The maximum absolute atomic E-state index is 13.0. The third-order valence-electron chi connectivity index (χ3n) is 1.89. The van der Waals surface area contributed by atoms with Crippen LogP contribution in [0.3, 0.4) is 0 Å². The molecule has 0 saturated carbocycles. The second kappa shape index (κ2) is 4.38. The minimum absolute atomic E-state index is 0.105. The number of rotatable bonds is 3. The highest BCUT2D eigenvalue weighted by Gasteiger charge is 2.10. The van der Waals surface area contributed by atoms with Crippen molar-refractivity contribution >= 4 is 17.4 Å². The van der Waals surface area contributed by atoms with E-state index in [1.165, 1.54) is 12.1 Å². The maximum atomic E-state index is 13.0. The van der Waals surface area contributed by atoms with E-state index >= 15 is 0 Å². The Morgan fingerprint density at radius 1 is 1.54 bits per heavy atom. The molecule has 0 aliphatic rings. The van der Waals surface area contributed by atoms with Crippen molar-refractivity contribution in [2.24, 2.45) is 0 Å². The zero-order valence-electron chi connectivity index (χ0n) is 7.31. The predicted molar refractivity (Wildman–Crippen MR) is 50.8 cm³/mol. The van der Waals surface area contributed by atoms with Crippen LogP contribution in [0.25, 0.3) is 0 Å². The third kappa shape index (κ3) is 2.28. The van der Waals surface area contributed by atoms with Gasteiger partial charge in [-0.25, -0.2) is 4.39 Å². The van der Waals surface area contributed by atoms with Crippen LogP contribution in [0.5, 0.6) is 0 Å². The summed E-state index contributed by atoms with van der Waals surface area (Å²) in [5, 5.41) is 0. The largest absolute Gasteiger partial charge is 0.294 e. The maximum Gasteiger partial charge on any atom is 0.164 e. The summed E-state index contributed by atoms with van der Waals surface area (Å²) in [6, 6.07) is 4.49. The molecule has 13 heavy (non-hydrogen) atoms. The summed E-state index contributed by atoms with van der Waals surface area (Å²) in [6.45, 7) is 1.59. The molecule has 0 aliphatic heterocycles. The minimum Gasteiger partial charge on any atom is -0.294 e. The van der Waals surface area contributed by atoms with Crippen LogP contribution < -0.4 is 0 Å². The number of Topliss-reactive ketones (excluding diaryl/α,β-unsaturated/α-hetero) is 1. The lowest BCUT2D eigenvalue weighted by atomic mass is 10.0. The van der Waals surface area contributed by atoms with Crippen molar-refractivity contribution in [2.75, 3.05) is 5.88 Å². The van der Waals surface area contributed by atoms with Crippen molar-refractivity contribution in [1.29, 1.82) is 0 Å². The molecule has 0 aliphatic carbocycles. The van der Waals surface area contributed by atoms with Gasteiger partial charge in [0.25, 0.3) is 0 Å². The molecule has 0 aromatic heterocycles. The first-order valence-corrected chi connectivity index (χ1v) is 4.54. The number of benzene rings is 1. The Labute approximate surface area is 81.5 Å². The Bertz CT molecular complexity index is 323. The first-order chi connectivity index (χ1) is 6.16. The summed E-state index contributed by atoms with van der Waals surface area (Å²) < 4.78 is 13.0. The third-order valence-corrected chi connectivity index (χ3v) is 2.08. The predicted octanol–water partition coefficient (Wildman–Crippen LogP) is 2.95. The molecular weight excluding hydrogens is 191 g/mol.